The molecule has 1 aromatic rings. The van der Waals surface area contributed by atoms with Gasteiger partial charge >= 0.3 is 0 Å². The third-order valence-corrected chi connectivity index (χ3v) is 4.51. The molecule has 1 atom stereocenters. The van der Waals surface area contributed by atoms with Crippen molar-refractivity contribution in [3.05, 3.63) is 29.8 Å². The molecule has 1 aromatic carbocycles. The zero-order valence-corrected chi connectivity index (χ0v) is 12.9. The van der Waals surface area contributed by atoms with Crippen LogP contribution >= 0.6 is 0 Å². The molecule has 3 nitrogen and oxygen atoms in total. The summed E-state index contributed by atoms with van der Waals surface area (Å²) in [5.74, 6) is 0. The second kappa shape index (κ2) is 5.51. The summed E-state index contributed by atoms with van der Waals surface area (Å²) in [7, 11) is 4.22. The molecule has 1 fully saturated rings. The van der Waals surface area contributed by atoms with Crippen LogP contribution in [0.3, 0.4) is 0 Å². The van der Waals surface area contributed by atoms with E-state index in [1.165, 1.54) is 11.3 Å². The van der Waals surface area contributed by atoms with Gasteiger partial charge in [0.25, 0.3) is 0 Å². The first-order chi connectivity index (χ1) is 8.94. The van der Waals surface area contributed by atoms with Gasteiger partial charge in [-0.3, -0.25) is 4.90 Å². The molecule has 0 aromatic heterocycles. The number of nitrogens with one attached hydrogen (secondary N) is 1. The monoisotopic (exact) mass is 261 g/mol. The summed E-state index contributed by atoms with van der Waals surface area (Å²) in [5, 5.41) is 3.28. The molecule has 0 bridgehead atoms. The van der Waals surface area contributed by atoms with E-state index in [-0.39, 0.29) is 5.54 Å². The Labute approximate surface area is 117 Å². The van der Waals surface area contributed by atoms with E-state index in [2.05, 4.69) is 67.2 Å². The van der Waals surface area contributed by atoms with Crippen LogP contribution in [0.4, 0.5) is 5.69 Å². The van der Waals surface area contributed by atoms with Gasteiger partial charge < -0.3 is 10.2 Å². The van der Waals surface area contributed by atoms with Crippen LogP contribution in [-0.2, 0) is 0 Å². The quantitative estimate of drug-likeness (QED) is 0.902. The van der Waals surface area contributed by atoms with E-state index in [0.29, 0.717) is 6.04 Å². The number of hydrogen-bond donors (Lipinski definition) is 1. The molecule has 2 rings (SSSR count). The molecule has 106 valence electrons. The van der Waals surface area contributed by atoms with E-state index in [4.69, 9.17) is 0 Å². The van der Waals surface area contributed by atoms with Crippen LogP contribution in [0.25, 0.3) is 0 Å². The topological polar surface area (TPSA) is 18.5 Å². The van der Waals surface area contributed by atoms with E-state index in [0.717, 1.165) is 19.6 Å². The lowest BCUT2D eigenvalue weighted by molar-refractivity contribution is 0.139. The highest BCUT2D eigenvalue weighted by molar-refractivity contribution is 5.49. The average Bonchev–Trinajstić information content (AvgIpc) is 2.41. The SMILES string of the molecule is CNC(C)c1ccc(N2CCN(C)C(C)(C)C2)cc1. The fraction of sp³-hybridized carbons (Fsp3) is 0.625. The number of piperazine rings is 1. The molecule has 0 amide bonds. The fourth-order valence-corrected chi connectivity index (χ4v) is 2.60. The summed E-state index contributed by atoms with van der Waals surface area (Å²) >= 11 is 0. The number of hydrogen-bond acceptors (Lipinski definition) is 3. The van der Waals surface area contributed by atoms with Crippen LogP contribution in [0.5, 0.6) is 0 Å². The highest BCUT2D eigenvalue weighted by Gasteiger charge is 2.30. The number of likely N-dealkylation sites (N-methyl/N-ethyl adjacent to an activating group) is 1. The van der Waals surface area contributed by atoms with E-state index < -0.39 is 0 Å². The molecule has 1 saturated heterocycles. The summed E-state index contributed by atoms with van der Waals surface area (Å²) < 4.78 is 0. The first-order valence-electron chi connectivity index (χ1n) is 7.17. The lowest BCUT2D eigenvalue weighted by Gasteiger charge is -2.46. The smallest absolute Gasteiger partial charge is 0.0367 e. The van der Waals surface area contributed by atoms with Crippen molar-refractivity contribution in [3.8, 4) is 0 Å². The van der Waals surface area contributed by atoms with Gasteiger partial charge in [0.05, 0.1) is 0 Å². The zero-order valence-electron chi connectivity index (χ0n) is 12.9. The van der Waals surface area contributed by atoms with Crippen LogP contribution in [0, 0.1) is 0 Å². The summed E-state index contributed by atoms with van der Waals surface area (Å²) in [4.78, 5) is 4.94. The molecular weight excluding hydrogens is 234 g/mol. The van der Waals surface area contributed by atoms with Gasteiger partial charge in [0, 0.05) is 36.9 Å². The number of nitrogens with zero attached hydrogens (tertiary/aromatic N) is 2. The lowest BCUT2D eigenvalue weighted by Crippen LogP contribution is -2.57. The summed E-state index contributed by atoms with van der Waals surface area (Å²) in [5.41, 5.74) is 2.93. The Hall–Kier alpha value is -1.06. The summed E-state index contributed by atoms with van der Waals surface area (Å²) in [6.45, 7) is 10.1. The molecule has 3 heteroatoms. The third kappa shape index (κ3) is 3.10. The maximum absolute atomic E-state index is 3.28. The van der Waals surface area contributed by atoms with Gasteiger partial charge in [-0.25, -0.2) is 0 Å². The third-order valence-electron chi connectivity index (χ3n) is 4.51. The molecule has 0 spiro atoms. The first-order valence-corrected chi connectivity index (χ1v) is 7.17. The minimum absolute atomic E-state index is 0.245. The second-order valence-electron chi connectivity index (χ2n) is 6.26. The predicted molar refractivity (Wildman–Crippen MR) is 82.8 cm³/mol. The van der Waals surface area contributed by atoms with Gasteiger partial charge in [0.1, 0.15) is 0 Å². The molecule has 0 aliphatic carbocycles. The van der Waals surface area contributed by atoms with Crippen molar-refractivity contribution in [1.82, 2.24) is 10.2 Å². The molecule has 1 unspecified atom stereocenters. The van der Waals surface area contributed by atoms with Crippen molar-refractivity contribution in [2.45, 2.75) is 32.4 Å². The van der Waals surface area contributed by atoms with Gasteiger partial charge in [-0.15, -0.1) is 0 Å². The molecule has 0 saturated carbocycles. The maximum Gasteiger partial charge on any atom is 0.0367 e. The average molecular weight is 261 g/mol. The predicted octanol–water partition coefficient (Wildman–Crippen LogP) is 2.50. The van der Waals surface area contributed by atoms with Crippen molar-refractivity contribution in [1.29, 1.82) is 0 Å². The Balaban J connectivity index is 2.10. The van der Waals surface area contributed by atoms with Crippen molar-refractivity contribution < 1.29 is 0 Å². The molecule has 1 heterocycles. The second-order valence-corrected chi connectivity index (χ2v) is 6.26. The van der Waals surface area contributed by atoms with Crippen molar-refractivity contribution in [3.63, 3.8) is 0 Å². The van der Waals surface area contributed by atoms with Gasteiger partial charge in [-0.1, -0.05) is 12.1 Å². The number of anilines is 1. The molecule has 1 N–H and O–H groups in total. The van der Waals surface area contributed by atoms with Crippen LogP contribution in [0.15, 0.2) is 24.3 Å². The number of rotatable bonds is 3. The van der Waals surface area contributed by atoms with E-state index in [1.807, 2.05) is 7.05 Å². The van der Waals surface area contributed by atoms with E-state index in [1.54, 1.807) is 0 Å². The van der Waals surface area contributed by atoms with E-state index >= 15 is 0 Å². The zero-order chi connectivity index (χ0) is 14.0. The Morgan fingerprint density at radius 3 is 2.32 bits per heavy atom. The number of benzene rings is 1. The van der Waals surface area contributed by atoms with Crippen molar-refractivity contribution in [2.75, 3.05) is 38.6 Å². The van der Waals surface area contributed by atoms with Crippen LogP contribution in [0.2, 0.25) is 0 Å². The van der Waals surface area contributed by atoms with Gasteiger partial charge in [0.15, 0.2) is 0 Å². The lowest BCUT2D eigenvalue weighted by atomic mass is 9.99. The summed E-state index contributed by atoms with van der Waals surface area (Å²) in [6, 6.07) is 9.40. The van der Waals surface area contributed by atoms with Crippen molar-refractivity contribution in [2.24, 2.45) is 0 Å². The minimum atomic E-state index is 0.245. The van der Waals surface area contributed by atoms with Crippen LogP contribution < -0.4 is 10.2 Å². The Morgan fingerprint density at radius 1 is 1.16 bits per heavy atom. The molecule has 0 radical (unpaired) electrons. The first kappa shape index (κ1) is 14.4. The fourth-order valence-electron chi connectivity index (χ4n) is 2.60. The standard InChI is InChI=1S/C16H27N3/c1-13(17-4)14-6-8-15(9-7-14)19-11-10-18(5)16(2,3)12-19/h6-9,13,17H,10-12H2,1-5H3. The highest BCUT2D eigenvalue weighted by Crippen LogP contribution is 2.25. The van der Waals surface area contributed by atoms with Gasteiger partial charge in [-0.2, -0.15) is 0 Å². The van der Waals surface area contributed by atoms with Crippen LogP contribution in [-0.4, -0.2) is 44.2 Å². The largest absolute Gasteiger partial charge is 0.368 e. The van der Waals surface area contributed by atoms with Crippen molar-refractivity contribution >= 4 is 5.69 Å². The van der Waals surface area contributed by atoms with Gasteiger partial charge in [0.2, 0.25) is 0 Å². The Bertz CT molecular complexity index is 411. The molecule has 1 aliphatic heterocycles. The normalized spacial score (nSPS) is 21.4. The summed E-state index contributed by atoms with van der Waals surface area (Å²) in [6.07, 6.45) is 0. The molecular formula is C16H27N3. The Kier molecular flexibility index (Phi) is 4.16. The highest BCUT2D eigenvalue weighted by atomic mass is 15.3. The molecule has 1 aliphatic rings. The maximum atomic E-state index is 3.28. The van der Waals surface area contributed by atoms with Gasteiger partial charge in [-0.05, 0) is 52.6 Å². The Morgan fingerprint density at radius 2 is 1.79 bits per heavy atom. The minimum Gasteiger partial charge on any atom is -0.368 e. The van der Waals surface area contributed by atoms with E-state index in [9.17, 15) is 0 Å². The molecule has 19 heavy (non-hydrogen) atoms. The van der Waals surface area contributed by atoms with Crippen LogP contribution in [0.1, 0.15) is 32.4 Å².